The summed E-state index contributed by atoms with van der Waals surface area (Å²) < 4.78 is 0. The molecule has 1 aromatic rings. The summed E-state index contributed by atoms with van der Waals surface area (Å²) in [6.07, 6.45) is 3.58. The van der Waals surface area contributed by atoms with E-state index in [1.54, 1.807) is 12.4 Å². The van der Waals surface area contributed by atoms with Crippen molar-refractivity contribution >= 4 is 21.9 Å². The van der Waals surface area contributed by atoms with Crippen LogP contribution in [-0.4, -0.2) is 52.9 Å². The average molecular weight is 295 g/mol. The first kappa shape index (κ1) is 12.3. The minimum absolute atomic E-state index is 0.755. The largest absolute Gasteiger partial charge is 0.338 e. The fourth-order valence-electron chi connectivity index (χ4n) is 1.78. The maximum atomic E-state index is 4.26. The number of rotatable bonds is 2. The lowest BCUT2D eigenvalue weighted by molar-refractivity contribution is 0.286. The van der Waals surface area contributed by atoms with Gasteiger partial charge < -0.3 is 4.90 Å². The highest BCUT2D eigenvalue weighted by Crippen LogP contribution is 2.08. The molecule has 2 heterocycles. The second-order valence-electron chi connectivity index (χ2n) is 3.80. The van der Waals surface area contributed by atoms with Gasteiger partial charge in [-0.25, -0.2) is 9.97 Å². The average Bonchev–Trinajstić information content (AvgIpc) is 2.41. The zero-order valence-electron chi connectivity index (χ0n) is 9.64. The highest BCUT2D eigenvalue weighted by atomic mass is 79.9. The van der Waals surface area contributed by atoms with Gasteiger partial charge in [0.15, 0.2) is 0 Å². The van der Waals surface area contributed by atoms with Gasteiger partial charge in [0.05, 0.1) is 11.9 Å². The van der Waals surface area contributed by atoms with E-state index in [9.17, 15) is 0 Å². The van der Waals surface area contributed by atoms with Gasteiger partial charge in [-0.3, -0.25) is 4.90 Å². The van der Waals surface area contributed by atoms with E-state index in [2.05, 4.69) is 47.5 Å². The summed E-state index contributed by atoms with van der Waals surface area (Å²) >= 11 is 3.30. The molecule has 0 aliphatic carbocycles. The maximum absolute atomic E-state index is 4.26. The molecule has 1 aromatic heterocycles. The van der Waals surface area contributed by atoms with Crippen LogP contribution in [0.1, 0.15) is 0 Å². The van der Waals surface area contributed by atoms with Crippen molar-refractivity contribution in [1.82, 2.24) is 14.9 Å². The predicted octanol–water partition coefficient (Wildman–Crippen LogP) is 0.997. The molecule has 1 aliphatic rings. The van der Waals surface area contributed by atoms with Gasteiger partial charge in [-0.05, 0) is 6.07 Å². The lowest BCUT2D eigenvalue weighted by atomic mass is 10.3. The van der Waals surface area contributed by atoms with E-state index in [1.807, 2.05) is 6.07 Å². The summed E-state index contributed by atoms with van der Waals surface area (Å²) in [5.74, 6) is 7.00. The Morgan fingerprint density at radius 3 is 2.47 bits per heavy atom. The van der Waals surface area contributed by atoms with Gasteiger partial charge in [-0.2, -0.15) is 0 Å². The third kappa shape index (κ3) is 3.69. The van der Waals surface area contributed by atoms with E-state index >= 15 is 0 Å². The van der Waals surface area contributed by atoms with Gasteiger partial charge in [-0.1, -0.05) is 27.8 Å². The number of alkyl halides is 1. The zero-order chi connectivity index (χ0) is 11.9. The number of anilines is 1. The highest BCUT2D eigenvalue weighted by molar-refractivity contribution is 9.09. The Hall–Kier alpha value is -1.12. The molecule has 0 unspecified atom stereocenters. The molecule has 0 aromatic carbocycles. The van der Waals surface area contributed by atoms with Crippen LogP contribution in [0.3, 0.4) is 0 Å². The molecule has 5 heteroatoms. The van der Waals surface area contributed by atoms with Gasteiger partial charge in [0.1, 0.15) is 0 Å². The van der Waals surface area contributed by atoms with E-state index in [-0.39, 0.29) is 0 Å². The summed E-state index contributed by atoms with van der Waals surface area (Å²) in [7, 11) is 0. The van der Waals surface area contributed by atoms with Crippen molar-refractivity contribution in [2.75, 3.05) is 43.0 Å². The maximum Gasteiger partial charge on any atom is 0.225 e. The first-order chi connectivity index (χ1) is 8.40. The van der Waals surface area contributed by atoms with Crippen molar-refractivity contribution in [3.8, 4) is 11.8 Å². The quantitative estimate of drug-likeness (QED) is 0.602. The number of hydrogen-bond donors (Lipinski definition) is 0. The first-order valence-corrected chi connectivity index (χ1v) is 6.78. The Morgan fingerprint density at radius 1 is 1.12 bits per heavy atom. The van der Waals surface area contributed by atoms with Crippen molar-refractivity contribution in [3.63, 3.8) is 0 Å². The highest BCUT2D eigenvalue weighted by Gasteiger charge is 2.17. The smallest absolute Gasteiger partial charge is 0.225 e. The number of nitrogens with zero attached hydrogens (tertiary/aromatic N) is 4. The fourth-order valence-corrected chi connectivity index (χ4v) is 1.97. The molecule has 17 heavy (non-hydrogen) atoms. The Balaban J connectivity index is 1.82. The van der Waals surface area contributed by atoms with Gasteiger partial charge >= 0.3 is 0 Å². The number of halogens is 1. The van der Waals surface area contributed by atoms with E-state index in [1.165, 1.54) is 0 Å². The first-order valence-electron chi connectivity index (χ1n) is 5.66. The normalized spacial score (nSPS) is 16.4. The van der Waals surface area contributed by atoms with Gasteiger partial charge in [0.2, 0.25) is 5.95 Å². The van der Waals surface area contributed by atoms with Crippen LogP contribution in [0, 0.1) is 11.8 Å². The van der Waals surface area contributed by atoms with Crippen LogP contribution in [0.5, 0.6) is 0 Å². The third-order valence-electron chi connectivity index (χ3n) is 2.70. The van der Waals surface area contributed by atoms with Crippen molar-refractivity contribution < 1.29 is 0 Å². The molecule has 1 saturated heterocycles. The van der Waals surface area contributed by atoms with Crippen LogP contribution in [-0.2, 0) is 0 Å². The molecular weight excluding hydrogens is 280 g/mol. The van der Waals surface area contributed by atoms with Crippen LogP contribution in [0.4, 0.5) is 5.95 Å². The second-order valence-corrected chi connectivity index (χ2v) is 4.36. The van der Waals surface area contributed by atoms with E-state index in [0.717, 1.165) is 44.0 Å². The Kier molecular flexibility index (Phi) is 4.77. The number of aromatic nitrogens is 2. The lowest BCUT2D eigenvalue weighted by Crippen LogP contribution is -2.47. The van der Waals surface area contributed by atoms with Crippen LogP contribution in [0.2, 0.25) is 0 Å². The lowest BCUT2D eigenvalue weighted by Gasteiger charge is -2.33. The molecule has 1 aliphatic heterocycles. The number of piperazine rings is 1. The summed E-state index contributed by atoms with van der Waals surface area (Å²) in [4.78, 5) is 13.1. The molecular formula is C12H15BrN4. The SMILES string of the molecule is BrCC#CCN1CCN(c2ncccn2)CC1. The topological polar surface area (TPSA) is 32.3 Å². The summed E-state index contributed by atoms with van der Waals surface area (Å²) in [5.41, 5.74) is 0. The van der Waals surface area contributed by atoms with Gasteiger partial charge in [-0.15, -0.1) is 0 Å². The van der Waals surface area contributed by atoms with E-state index in [0.29, 0.717) is 0 Å². The summed E-state index contributed by atoms with van der Waals surface area (Å²) in [5, 5.41) is 0.755. The Bertz CT molecular complexity index is 390. The van der Waals surface area contributed by atoms with Crippen molar-refractivity contribution in [2.45, 2.75) is 0 Å². The van der Waals surface area contributed by atoms with Crippen molar-refractivity contribution in [2.24, 2.45) is 0 Å². The molecule has 4 nitrogen and oxygen atoms in total. The van der Waals surface area contributed by atoms with Crippen LogP contribution < -0.4 is 4.90 Å². The van der Waals surface area contributed by atoms with Crippen molar-refractivity contribution in [3.05, 3.63) is 18.5 Å². The molecule has 0 N–H and O–H groups in total. The molecule has 0 bridgehead atoms. The molecule has 2 rings (SSSR count). The standard InChI is InChI=1S/C12H15BrN4/c13-4-1-2-7-16-8-10-17(11-9-16)12-14-5-3-6-15-12/h3,5-6H,4,7-11H2. The minimum Gasteiger partial charge on any atom is -0.338 e. The Labute approximate surface area is 110 Å². The van der Waals surface area contributed by atoms with Crippen LogP contribution in [0.15, 0.2) is 18.5 Å². The van der Waals surface area contributed by atoms with Gasteiger partial charge in [0, 0.05) is 38.6 Å². The van der Waals surface area contributed by atoms with Crippen molar-refractivity contribution in [1.29, 1.82) is 0 Å². The van der Waals surface area contributed by atoms with Gasteiger partial charge in [0.25, 0.3) is 0 Å². The fraction of sp³-hybridized carbons (Fsp3) is 0.500. The minimum atomic E-state index is 0.755. The van der Waals surface area contributed by atoms with E-state index < -0.39 is 0 Å². The summed E-state index contributed by atoms with van der Waals surface area (Å²) in [6, 6.07) is 1.84. The second kappa shape index (κ2) is 6.58. The summed E-state index contributed by atoms with van der Waals surface area (Å²) in [6.45, 7) is 4.85. The Morgan fingerprint density at radius 2 is 1.82 bits per heavy atom. The molecule has 0 spiro atoms. The molecule has 0 radical (unpaired) electrons. The van der Waals surface area contributed by atoms with E-state index in [4.69, 9.17) is 0 Å². The molecule has 0 amide bonds. The zero-order valence-corrected chi connectivity index (χ0v) is 11.2. The number of hydrogen-bond acceptors (Lipinski definition) is 4. The molecule has 1 fully saturated rings. The van der Waals surface area contributed by atoms with Crippen LogP contribution in [0.25, 0.3) is 0 Å². The predicted molar refractivity (Wildman–Crippen MR) is 72.3 cm³/mol. The third-order valence-corrected chi connectivity index (χ3v) is 2.98. The molecule has 0 saturated carbocycles. The molecule has 90 valence electrons. The molecule has 0 atom stereocenters. The monoisotopic (exact) mass is 294 g/mol. The van der Waals surface area contributed by atoms with Crippen LogP contribution >= 0.6 is 15.9 Å².